The number of nitrogens with zero attached hydrogens (tertiary/aromatic N) is 4. The van der Waals surface area contributed by atoms with Gasteiger partial charge in [0.15, 0.2) is 0 Å². The standard InChI is InChI=1S/C21H24N4O.3C2HF3O2/c22-11-17-3-1-4-18(9-17)13-24-7-8-25-15-21(10-20(25)14-24)26-16-19-5-2-6-23-12-19;3*3-2(4,5)1(6)7/h1-6,9,12,20-21H,7-8,10,13-16H2;3*(H,6,7)/t20-,21+;;;/m0.../s1. The molecule has 0 radical (unpaired) electrons. The number of carboxylic acids is 3. The molecule has 3 N–H and O–H groups in total. The Labute approximate surface area is 260 Å². The third-order valence-corrected chi connectivity index (χ3v) is 6.06. The fourth-order valence-corrected chi connectivity index (χ4v) is 4.02. The van der Waals surface area contributed by atoms with Gasteiger partial charge in [0, 0.05) is 51.2 Å². The zero-order chi connectivity index (χ0) is 36.0. The molecule has 20 heteroatoms. The Hall–Kier alpha value is -4.48. The van der Waals surface area contributed by atoms with Crippen LogP contribution in [0.1, 0.15) is 23.1 Å². The summed E-state index contributed by atoms with van der Waals surface area (Å²) < 4.78 is 101. The highest BCUT2D eigenvalue weighted by molar-refractivity contribution is 5.73. The Morgan fingerprint density at radius 3 is 1.85 bits per heavy atom. The number of nitriles is 1. The number of carbonyl (C=O) groups is 3. The maximum atomic E-state index is 10.6. The van der Waals surface area contributed by atoms with Crippen LogP contribution in [0.15, 0.2) is 48.8 Å². The van der Waals surface area contributed by atoms with E-state index in [4.69, 9.17) is 39.7 Å². The number of aliphatic carboxylic acids is 3. The maximum absolute atomic E-state index is 10.6. The van der Waals surface area contributed by atoms with Gasteiger partial charge in [0.25, 0.3) is 0 Å². The van der Waals surface area contributed by atoms with Crippen molar-refractivity contribution in [3.8, 4) is 6.07 Å². The molecule has 0 amide bonds. The van der Waals surface area contributed by atoms with Crippen molar-refractivity contribution in [2.24, 2.45) is 0 Å². The van der Waals surface area contributed by atoms with E-state index in [1.54, 1.807) is 6.20 Å². The highest BCUT2D eigenvalue weighted by Gasteiger charge is 2.40. The van der Waals surface area contributed by atoms with Crippen molar-refractivity contribution in [1.29, 1.82) is 5.26 Å². The van der Waals surface area contributed by atoms with Crippen LogP contribution in [0.25, 0.3) is 0 Å². The van der Waals surface area contributed by atoms with Gasteiger partial charge in [0.05, 0.1) is 24.3 Å². The lowest BCUT2D eigenvalue weighted by atomic mass is 10.1. The number of ether oxygens (including phenoxy) is 1. The van der Waals surface area contributed by atoms with Crippen molar-refractivity contribution in [2.75, 3.05) is 26.2 Å². The first-order valence-electron chi connectivity index (χ1n) is 13.0. The molecule has 2 aliphatic heterocycles. The summed E-state index contributed by atoms with van der Waals surface area (Å²) in [7, 11) is 0. The molecule has 1 aromatic heterocycles. The Balaban J connectivity index is 0.000000430. The second-order valence-electron chi connectivity index (χ2n) is 9.63. The molecule has 1 aromatic carbocycles. The Morgan fingerprint density at radius 1 is 0.851 bits per heavy atom. The topological polar surface area (TPSA) is 164 Å². The van der Waals surface area contributed by atoms with Gasteiger partial charge in [-0.3, -0.25) is 14.8 Å². The van der Waals surface area contributed by atoms with Gasteiger partial charge in [0.1, 0.15) is 0 Å². The Bertz CT molecular complexity index is 1290. The molecule has 3 heterocycles. The summed E-state index contributed by atoms with van der Waals surface area (Å²) in [5, 5.41) is 30.4. The quantitative estimate of drug-likeness (QED) is 0.383. The lowest BCUT2D eigenvalue weighted by molar-refractivity contribution is -0.193. The molecule has 0 saturated carbocycles. The number of pyridine rings is 1. The van der Waals surface area contributed by atoms with Gasteiger partial charge in [0.2, 0.25) is 0 Å². The van der Waals surface area contributed by atoms with Gasteiger partial charge in [-0.25, -0.2) is 14.4 Å². The van der Waals surface area contributed by atoms with Crippen LogP contribution in [0.4, 0.5) is 39.5 Å². The first kappa shape index (κ1) is 40.5. The maximum Gasteiger partial charge on any atom is 0.490 e. The average molecular weight is 691 g/mol. The molecule has 0 spiro atoms. The summed E-state index contributed by atoms with van der Waals surface area (Å²) in [4.78, 5) is 35.9. The number of halogens is 9. The normalized spacial score (nSPS) is 18.0. The summed E-state index contributed by atoms with van der Waals surface area (Å²) in [6, 6.07) is 14.8. The zero-order valence-electron chi connectivity index (χ0n) is 23.9. The van der Waals surface area contributed by atoms with Gasteiger partial charge in [-0.05, 0) is 35.7 Å². The van der Waals surface area contributed by atoms with E-state index in [9.17, 15) is 39.5 Å². The van der Waals surface area contributed by atoms with Crippen LogP contribution >= 0.6 is 0 Å². The van der Waals surface area contributed by atoms with Crippen LogP contribution < -0.4 is 0 Å². The van der Waals surface area contributed by atoms with Crippen LogP contribution in [-0.4, -0.2) is 105 Å². The Morgan fingerprint density at radius 2 is 1.38 bits per heavy atom. The van der Waals surface area contributed by atoms with E-state index in [0.717, 1.165) is 50.3 Å². The minimum absolute atomic E-state index is 0.307. The number of fused-ring (bicyclic) bond motifs is 1. The molecule has 2 aromatic rings. The first-order chi connectivity index (χ1) is 21.6. The summed E-state index contributed by atoms with van der Waals surface area (Å²) in [6.45, 7) is 5.83. The smallest absolute Gasteiger partial charge is 0.475 e. The molecule has 2 fully saturated rings. The number of piperazine rings is 1. The van der Waals surface area contributed by atoms with Crippen LogP contribution in [0.3, 0.4) is 0 Å². The number of aromatic nitrogens is 1. The molecule has 2 atom stereocenters. The van der Waals surface area contributed by atoms with Crippen molar-refractivity contribution in [3.05, 3.63) is 65.5 Å². The highest BCUT2D eigenvalue weighted by atomic mass is 19.4. The second-order valence-corrected chi connectivity index (χ2v) is 9.63. The molecular weight excluding hydrogens is 663 g/mol. The van der Waals surface area contributed by atoms with Crippen molar-refractivity contribution in [2.45, 2.75) is 50.2 Å². The molecule has 4 rings (SSSR count). The molecule has 2 aliphatic rings. The number of alkyl halides is 9. The summed E-state index contributed by atoms with van der Waals surface area (Å²) in [6.07, 6.45) is -10.2. The second kappa shape index (κ2) is 18.0. The molecule has 0 unspecified atom stereocenters. The van der Waals surface area contributed by atoms with Crippen LogP contribution in [0.2, 0.25) is 0 Å². The van der Waals surface area contributed by atoms with Crippen molar-refractivity contribution >= 4 is 17.9 Å². The number of hydrogen-bond donors (Lipinski definition) is 3. The summed E-state index contributed by atoms with van der Waals surface area (Å²) in [5.74, 6) is -8.27. The van der Waals surface area contributed by atoms with Gasteiger partial charge in [-0.2, -0.15) is 44.8 Å². The van der Waals surface area contributed by atoms with Gasteiger partial charge >= 0.3 is 36.4 Å². The van der Waals surface area contributed by atoms with Gasteiger partial charge < -0.3 is 20.1 Å². The van der Waals surface area contributed by atoms with Crippen LogP contribution in [-0.2, 0) is 32.3 Å². The van der Waals surface area contributed by atoms with E-state index in [-0.39, 0.29) is 0 Å². The van der Waals surface area contributed by atoms with E-state index >= 15 is 0 Å². The summed E-state index contributed by atoms with van der Waals surface area (Å²) in [5.41, 5.74) is 3.10. The van der Waals surface area contributed by atoms with Crippen LogP contribution in [0, 0.1) is 11.3 Å². The molecule has 11 nitrogen and oxygen atoms in total. The zero-order valence-corrected chi connectivity index (χ0v) is 23.9. The molecule has 47 heavy (non-hydrogen) atoms. The minimum atomic E-state index is -5.08. The van der Waals surface area contributed by atoms with Crippen molar-refractivity contribution < 1.29 is 74.0 Å². The van der Waals surface area contributed by atoms with Crippen molar-refractivity contribution in [3.63, 3.8) is 0 Å². The van der Waals surface area contributed by atoms with E-state index in [1.807, 2.05) is 30.5 Å². The van der Waals surface area contributed by atoms with E-state index in [0.29, 0.717) is 18.8 Å². The number of rotatable bonds is 5. The third kappa shape index (κ3) is 16.1. The predicted octanol–water partition coefficient (Wildman–Crippen LogP) is 4.33. The molecule has 2 saturated heterocycles. The van der Waals surface area contributed by atoms with Gasteiger partial charge in [-0.15, -0.1) is 0 Å². The lowest BCUT2D eigenvalue weighted by Gasteiger charge is -2.37. The SMILES string of the molecule is N#Cc1cccc(CN2CCN3C[C@H](OCc4cccnc4)C[C@H]3C2)c1.O=C(O)C(F)(F)F.O=C(O)C(F)(F)F.O=C(O)C(F)(F)F. The molecular formula is C27H27F9N4O7. The lowest BCUT2D eigenvalue weighted by Crippen LogP contribution is -2.49. The van der Waals surface area contributed by atoms with Crippen molar-refractivity contribution in [1.82, 2.24) is 14.8 Å². The number of hydrogen-bond acceptors (Lipinski definition) is 8. The van der Waals surface area contributed by atoms with E-state index < -0.39 is 36.4 Å². The molecule has 0 bridgehead atoms. The molecule has 0 aliphatic carbocycles. The van der Waals surface area contributed by atoms with Crippen LogP contribution in [0.5, 0.6) is 0 Å². The fourth-order valence-electron chi connectivity index (χ4n) is 4.02. The van der Waals surface area contributed by atoms with E-state index in [1.165, 1.54) is 5.56 Å². The average Bonchev–Trinajstić information content (AvgIpc) is 3.38. The van der Waals surface area contributed by atoms with Gasteiger partial charge in [-0.1, -0.05) is 18.2 Å². The number of benzene rings is 1. The largest absolute Gasteiger partial charge is 0.490 e. The highest BCUT2D eigenvalue weighted by Crippen LogP contribution is 2.26. The number of carboxylic acid groups (broad SMARTS) is 3. The Kier molecular flexibility index (Phi) is 15.5. The monoisotopic (exact) mass is 690 g/mol. The predicted molar refractivity (Wildman–Crippen MR) is 140 cm³/mol. The summed E-state index contributed by atoms with van der Waals surface area (Å²) >= 11 is 0. The fraction of sp³-hybridized carbons (Fsp3) is 0.444. The third-order valence-electron chi connectivity index (χ3n) is 6.06. The first-order valence-corrected chi connectivity index (χ1v) is 13.0. The minimum Gasteiger partial charge on any atom is -0.475 e. The van der Waals surface area contributed by atoms with E-state index in [2.05, 4.69) is 33.0 Å². The molecule has 260 valence electrons.